The second kappa shape index (κ2) is 5.47. The van der Waals surface area contributed by atoms with E-state index in [-0.39, 0.29) is 11.9 Å². The third-order valence-corrected chi connectivity index (χ3v) is 4.26. The number of fused-ring (bicyclic) bond motifs is 1. The molecule has 1 fully saturated rings. The molecule has 1 saturated carbocycles. The van der Waals surface area contributed by atoms with Crippen molar-refractivity contribution in [2.24, 2.45) is 11.8 Å². The van der Waals surface area contributed by atoms with E-state index in [1.165, 1.54) is 0 Å². The maximum atomic E-state index is 11.6. The summed E-state index contributed by atoms with van der Waals surface area (Å²) in [6.45, 7) is 6.59. The van der Waals surface area contributed by atoms with Gasteiger partial charge in [-0.25, -0.2) is 9.50 Å². The molecule has 0 aliphatic heterocycles. The van der Waals surface area contributed by atoms with Gasteiger partial charge >= 0.3 is 5.97 Å². The average molecular weight is 287 g/mol. The molecule has 2 atom stereocenters. The van der Waals surface area contributed by atoms with Crippen molar-refractivity contribution in [2.45, 2.75) is 40.0 Å². The molecule has 1 aliphatic rings. The minimum atomic E-state index is -0.0330. The Morgan fingerprint density at radius 1 is 1.48 bits per heavy atom. The Hall–Kier alpha value is -1.91. The van der Waals surface area contributed by atoms with Gasteiger partial charge in [0.2, 0.25) is 0 Å². The Morgan fingerprint density at radius 3 is 2.95 bits per heavy atom. The molecule has 0 unspecified atom stereocenters. The molecule has 0 N–H and O–H groups in total. The fourth-order valence-corrected chi connectivity index (χ4v) is 2.53. The normalized spacial score (nSPS) is 20.7. The highest BCUT2D eigenvalue weighted by Gasteiger charge is 2.40. The van der Waals surface area contributed by atoms with Crippen molar-refractivity contribution in [3.63, 3.8) is 0 Å². The first-order valence-corrected chi connectivity index (χ1v) is 7.53. The fraction of sp³-hybridized carbons (Fsp3) is 0.562. The van der Waals surface area contributed by atoms with E-state index in [0.29, 0.717) is 12.5 Å². The van der Waals surface area contributed by atoms with Gasteiger partial charge in [0.1, 0.15) is 0 Å². The Labute approximate surface area is 124 Å². The minimum Gasteiger partial charge on any atom is -0.465 e. The summed E-state index contributed by atoms with van der Waals surface area (Å²) < 4.78 is 7.12. The first-order chi connectivity index (χ1) is 10.1. The average Bonchev–Trinajstić information content (AvgIpc) is 3.13. The van der Waals surface area contributed by atoms with E-state index in [4.69, 9.17) is 4.74 Å². The topological polar surface area (TPSA) is 56.5 Å². The van der Waals surface area contributed by atoms with Gasteiger partial charge in [-0.15, -0.1) is 0 Å². The lowest BCUT2D eigenvalue weighted by molar-refractivity contribution is -0.145. The molecule has 0 amide bonds. The number of hydrogen-bond donors (Lipinski definition) is 0. The van der Waals surface area contributed by atoms with Crippen LogP contribution in [-0.4, -0.2) is 27.2 Å². The molecule has 0 radical (unpaired) electrons. The molecule has 2 heterocycles. The number of aryl methyl sites for hydroxylation is 3. The van der Waals surface area contributed by atoms with Crippen LogP contribution in [0.4, 0.5) is 0 Å². The quantitative estimate of drug-likeness (QED) is 0.626. The molecule has 5 nitrogen and oxygen atoms in total. The highest BCUT2D eigenvalue weighted by Crippen LogP contribution is 2.38. The highest BCUT2D eigenvalue weighted by molar-refractivity contribution is 5.75. The minimum absolute atomic E-state index is 0.0330. The summed E-state index contributed by atoms with van der Waals surface area (Å²) >= 11 is 0. The van der Waals surface area contributed by atoms with Crippen LogP contribution in [0, 0.1) is 25.7 Å². The predicted molar refractivity (Wildman–Crippen MR) is 79.0 cm³/mol. The van der Waals surface area contributed by atoms with Gasteiger partial charge in [-0.05, 0) is 44.6 Å². The van der Waals surface area contributed by atoms with Crippen LogP contribution in [0.5, 0.6) is 0 Å². The summed E-state index contributed by atoms with van der Waals surface area (Å²) in [4.78, 5) is 16.0. The molecular formula is C16H21N3O2. The van der Waals surface area contributed by atoms with Crippen molar-refractivity contribution in [3.8, 4) is 0 Å². The molecule has 21 heavy (non-hydrogen) atoms. The van der Waals surface area contributed by atoms with Crippen LogP contribution in [0.1, 0.15) is 36.6 Å². The number of hydrogen-bond acceptors (Lipinski definition) is 4. The Balaban J connectivity index is 1.52. The van der Waals surface area contributed by atoms with Crippen LogP contribution in [0.3, 0.4) is 0 Å². The molecule has 2 aromatic heterocycles. The van der Waals surface area contributed by atoms with E-state index in [9.17, 15) is 4.79 Å². The number of ether oxygens (including phenoxy) is 1. The standard InChI is InChI=1S/C16H21N3O2/c1-10-7-14(10)16(20)21-6-4-5-13-8-17-15-11(2)12(3)18-19(15)9-13/h8-10,14H,4-7H2,1-3H3/t10-,14+/m0/s1. The van der Waals surface area contributed by atoms with Crippen molar-refractivity contribution in [2.75, 3.05) is 6.61 Å². The van der Waals surface area contributed by atoms with Crippen molar-refractivity contribution in [1.29, 1.82) is 0 Å². The van der Waals surface area contributed by atoms with Crippen LogP contribution in [-0.2, 0) is 16.0 Å². The largest absolute Gasteiger partial charge is 0.465 e. The third kappa shape index (κ3) is 2.91. The van der Waals surface area contributed by atoms with Crippen LogP contribution in [0.15, 0.2) is 12.4 Å². The molecule has 3 rings (SSSR count). The summed E-state index contributed by atoms with van der Waals surface area (Å²) in [7, 11) is 0. The monoisotopic (exact) mass is 287 g/mol. The first kappa shape index (κ1) is 14.0. The number of carbonyl (C=O) groups is 1. The van der Waals surface area contributed by atoms with Crippen molar-refractivity contribution >= 4 is 11.6 Å². The van der Waals surface area contributed by atoms with Gasteiger partial charge in [0.25, 0.3) is 0 Å². The van der Waals surface area contributed by atoms with Gasteiger partial charge in [-0.3, -0.25) is 4.79 Å². The van der Waals surface area contributed by atoms with Crippen LogP contribution in [0.25, 0.3) is 5.65 Å². The van der Waals surface area contributed by atoms with Crippen molar-refractivity contribution in [1.82, 2.24) is 14.6 Å². The van der Waals surface area contributed by atoms with Gasteiger partial charge in [0, 0.05) is 18.0 Å². The molecule has 112 valence electrons. The lowest BCUT2D eigenvalue weighted by Crippen LogP contribution is -2.09. The summed E-state index contributed by atoms with van der Waals surface area (Å²) in [6.07, 6.45) is 6.53. The van der Waals surface area contributed by atoms with Crippen molar-refractivity contribution < 1.29 is 9.53 Å². The van der Waals surface area contributed by atoms with Gasteiger partial charge < -0.3 is 4.74 Å². The first-order valence-electron chi connectivity index (χ1n) is 7.53. The number of carbonyl (C=O) groups excluding carboxylic acids is 1. The summed E-state index contributed by atoms with van der Waals surface area (Å²) in [5, 5.41) is 4.44. The summed E-state index contributed by atoms with van der Waals surface area (Å²) in [6, 6.07) is 0. The predicted octanol–water partition coefficient (Wildman–Crippen LogP) is 2.48. The number of aromatic nitrogens is 3. The Morgan fingerprint density at radius 2 is 2.24 bits per heavy atom. The number of rotatable bonds is 5. The maximum absolute atomic E-state index is 11.6. The van der Waals surface area contributed by atoms with Crippen molar-refractivity contribution in [3.05, 3.63) is 29.2 Å². The lowest BCUT2D eigenvalue weighted by Gasteiger charge is -2.04. The molecule has 0 bridgehead atoms. The highest BCUT2D eigenvalue weighted by atomic mass is 16.5. The zero-order valence-corrected chi connectivity index (χ0v) is 12.8. The SMILES string of the molecule is Cc1nn2cc(CCCOC(=O)[C@@H]3C[C@@H]3C)cnc2c1C. The van der Waals surface area contributed by atoms with Crippen LogP contribution >= 0.6 is 0 Å². The smallest absolute Gasteiger partial charge is 0.309 e. The number of esters is 1. The molecule has 2 aromatic rings. The maximum Gasteiger partial charge on any atom is 0.309 e. The Bertz CT molecular complexity index is 677. The van der Waals surface area contributed by atoms with Gasteiger partial charge in [-0.1, -0.05) is 6.92 Å². The zero-order valence-electron chi connectivity index (χ0n) is 12.8. The van der Waals surface area contributed by atoms with Crippen LogP contribution in [0.2, 0.25) is 0 Å². The second-order valence-corrected chi connectivity index (χ2v) is 6.03. The molecule has 0 aromatic carbocycles. The van der Waals surface area contributed by atoms with E-state index >= 15 is 0 Å². The molecule has 0 spiro atoms. The molecule has 0 saturated heterocycles. The summed E-state index contributed by atoms with van der Waals surface area (Å²) in [5.41, 5.74) is 4.15. The fourth-order valence-electron chi connectivity index (χ4n) is 2.53. The molecule has 5 heteroatoms. The van der Waals surface area contributed by atoms with Gasteiger partial charge in [0.15, 0.2) is 5.65 Å². The van der Waals surface area contributed by atoms with Crippen LogP contribution < -0.4 is 0 Å². The summed E-state index contributed by atoms with van der Waals surface area (Å²) in [5.74, 6) is 0.628. The van der Waals surface area contributed by atoms with E-state index in [2.05, 4.69) is 17.0 Å². The Kier molecular flexibility index (Phi) is 3.66. The van der Waals surface area contributed by atoms with E-state index < -0.39 is 0 Å². The van der Waals surface area contributed by atoms with E-state index in [1.54, 1.807) is 0 Å². The number of nitrogens with zero attached hydrogens (tertiary/aromatic N) is 3. The molecular weight excluding hydrogens is 266 g/mol. The van der Waals surface area contributed by atoms with E-state index in [1.807, 2.05) is 30.8 Å². The zero-order chi connectivity index (χ0) is 15.0. The van der Waals surface area contributed by atoms with Gasteiger partial charge in [0.05, 0.1) is 18.2 Å². The lowest BCUT2D eigenvalue weighted by atomic mass is 10.2. The van der Waals surface area contributed by atoms with E-state index in [0.717, 1.165) is 41.7 Å². The van der Waals surface area contributed by atoms with Gasteiger partial charge in [-0.2, -0.15) is 5.10 Å². The second-order valence-electron chi connectivity index (χ2n) is 6.03. The molecule has 1 aliphatic carbocycles. The third-order valence-electron chi connectivity index (χ3n) is 4.26.